The normalized spacial score (nSPS) is 14.2. The number of amides is 4. The molecule has 3 N–H and O–H groups in total. The number of benzene rings is 2. The number of hydrogen-bond acceptors (Lipinski definition) is 4. The maximum atomic E-state index is 12.8. The minimum Gasteiger partial charge on any atom is -0.370 e. The fourth-order valence-corrected chi connectivity index (χ4v) is 3.28. The number of anilines is 3. The van der Waals surface area contributed by atoms with Gasteiger partial charge in [-0.1, -0.05) is 19.3 Å². The molecule has 2 aromatic carbocycles. The summed E-state index contributed by atoms with van der Waals surface area (Å²) in [6.07, 6.45) is 6.53. The Balaban J connectivity index is 1.58. The van der Waals surface area contributed by atoms with Gasteiger partial charge in [-0.25, -0.2) is 4.79 Å². The Morgan fingerprint density at radius 3 is 2.38 bits per heavy atom. The molecule has 4 amide bonds. The smallest absolute Gasteiger partial charge is 0.319 e. The number of morpholine rings is 1. The van der Waals surface area contributed by atoms with Gasteiger partial charge in [0.25, 0.3) is 5.91 Å². The molecule has 0 spiro atoms. The van der Waals surface area contributed by atoms with Gasteiger partial charge in [-0.15, -0.1) is 6.42 Å². The maximum absolute atomic E-state index is 12.8. The fourth-order valence-electron chi connectivity index (χ4n) is 3.28. The van der Waals surface area contributed by atoms with E-state index in [0.29, 0.717) is 42.9 Å². The molecule has 0 aromatic heterocycles. The van der Waals surface area contributed by atoms with Crippen LogP contribution in [0.4, 0.5) is 21.9 Å². The van der Waals surface area contributed by atoms with E-state index in [1.807, 2.05) is 6.92 Å². The SMILES string of the molecule is C#Cc1ccc(NC(=O)NC(CCC)C(=O)Nc2ccc(N3CCOCC3=O)cc2)cc1. The molecule has 166 valence electrons. The lowest BCUT2D eigenvalue weighted by Gasteiger charge is -2.27. The van der Waals surface area contributed by atoms with Gasteiger partial charge < -0.3 is 25.6 Å². The predicted octanol–water partition coefficient (Wildman–Crippen LogP) is 2.96. The Morgan fingerprint density at radius 2 is 1.75 bits per heavy atom. The van der Waals surface area contributed by atoms with Crippen LogP contribution in [0, 0.1) is 12.3 Å². The first kappa shape index (κ1) is 22.8. The Kier molecular flexibility index (Phi) is 7.84. The molecule has 1 heterocycles. The molecule has 0 aliphatic carbocycles. The second-order valence-electron chi connectivity index (χ2n) is 7.30. The van der Waals surface area contributed by atoms with Gasteiger partial charge in [0.05, 0.1) is 6.61 Å². The van der Waals surface area contributed by atoms with Crippen LogP contribution in [0.5, 0.6) is 0 Å². The van der Waals surface area contributed by atoms with Crippen LogP contribution in [-0.2, 0) is 14.3 Å². The van der Waals surface area contributed by atoms with Gasteiger partial charge >= 0.3 is 6.03 Å². The lowest BCUT2D eigenvalue weighted by molar-refractivity contribution is -0.125. The lowest BCUT2D eigenvalue weighted by Crippen LogP contribution is -2.45. The standard InChI is InChI=1S/C24H26N4O4/c1-3-5-21(27-24(31)26-19-8-6-17(4-2)7-9-19)23(30)25-18-10-12-20(13-11-18)28-14-15-32-16-22(28)29/h2,6-13,21H,3,5,14-16H2,1H3,(H,25,30)(H2,26,27,31). The number of nitrogens with one attached hydrogen (secondary N) is 3. The molecule has 1 aliphatic heterocycles. The average molecular weight is 434 g/mol. The van der Waals surface area contributed by atoms with E-state index in [1.54, 1.807) is 53.4 Å². The molecule has 0 bridgehead atoms. The molecule has 2 aromatic rings. The molecule has 8 nitrogen and oxygen atoms in total. The molecular weight excluding hydrogens is 408 g/mol. The van der Waals surface area contributed by atoms with E-state index < -0.39 is 12.1 Å². The second-order valence-corrected chi connectivity index (χ2v) is 7.30. The van der Waals surface area contributed by atoms with Crippen molar-refractivity contribution >= 4 is 34.9 Å². The van der Waals surface area contributed by atoms with Crippen LogP contribution < -0.4 is 20.9 Å². The van der Waals surface area contributed by atoms with E-state index in [2.05, 4.69) is 21.9 Å². The topological polar surface area (TPSA) is 99.8 Å². The van der Waals surface area contributed by atoms with Crippen LogP contribution in [0.3, 0.4) is 0 Å². The van der Waals surface area contributed by atoms with Crippen molar-refractivity contribution in [3.63, 3.8) is 0 Å². The van der Waals surface area contributed by atoms with E-state index in [0.717, 1.165) is 5.69 Å². The Hall–Kier alpha value is -3.83. The van der Waals surface area contributed by atoms with Gasteiger partial charge in [0.15, 0.2) is 0 Å². The summed E-state index contributed by atoms with van der Waals surface area (Å²) in [6.45, 7) is 2.99. The predicted molar refractivity (Wildman–Crippen MR) is 123 cm³/mol. The summed E-state index contributed by atoms with van der Waals surface area (Å²) >= 11 is 0. The molecule has 1 saturated heterocycles. The van der Waals surface area contributed by atoms with Crippen LogP contribution in [0.1, 0.15) is 25.3 Å². The third kappa shape index (κ3) is 6.09. The van der Waals surface area contributed by atoms with E-state index in [4.69, 9.17) is 11.2 Å². The summed E-state index contributed by atoms with van der Waals surface area (Å²) < 4.78 is 5.14. The third-order valence-corrected chi connectivity index (χ3v) is 4.94. The highest BCUT2D eigenvalue weighted by Gasteiger charge is 2.22. The molecule has 1 fully saturated rings. The first-order valence-electron chi connectivity index (χ1n) is 10.4. The van der Waals surface area contributed by atoms with E-state index in [9.17, 15) is 14.4 Å². The highest BCUT2D eigenvalue weighted by molar-refractivity contribution is 5.99. The molecule has 32 heavy (non-hydrogen) atoms. The van der Waals surface area contributed by atoms with E-state index >= 15 is 0 Å². The van der Waals surface area contributed by atoms with Crippen LogP contribution >= 0.6 is 0 Å². The van der Waals surface area contributed by atoms with Crippen LogP contribution in [-0.4, -0.2) is 43.6 Å². The zero-order chi connectivity index (χ0) is 22.9. The number of ether oxygens (including phenoxy) is 1. The van der Waals surface area contributed by atoms with Gasteiger partial charge in [-0.05, 0) is 55.0 Å². The average Bonchev–Trinajstić information content (AvgIpc) is 2.80. The number of carbonyl (C=O) groups is 3. The zero-order valence-corrected chi connectivity index (χ0v) is 17.9. The number of nitrogens with zero attached hydrogens (tertiary/aromatic N) is 1. The number of terminal acetylenes is 1. The first-order valence-corrected chi connectivity index (χ1v) is 10.4. The van der Waals surface area contributed by atoms with Crippen molar-refractivity contribution in [2.45, 2.75) is 25.8 Å². The minimum atomic E-state index is -0.703. The quantitative estimate of drug-likeness (QED) is 0.584. The molecule has 1 aliphatic rings. The van der Waals surface area contributed by atoms with Gasteiger partial charge in [0.1, 0.15) is 12.6 Å². The van der Waals surface area contributed by atoms with E-state index in [-0.39, 0.29) is 18.4 Å². The van der Waals surface area contributed by atoms with Crippen LogP contribution in [0.25, 0.3) is 0 Å². The molecule has 1 unspecified atom stereocenters. The van der Waals surface area contributed by atoms with Gasteiger partial charge in [0, 0.05) is 29.2 Å². The van der Waals surface area contributed by atoms with Crippen molar-refractivity contribution in [1.82, 2.24) is 5.32 Å². The fraction of sp³-hybridized carbons (Fsp3) is 0.292. The summed E-state index contributed by atoms with van der Waals surface area (Å²) in [6, 6.07) is 12.7. The number of rotatable bonds is 7. The summed E-state index contributed by atoms with van der Waals surface area (Å²) in [7, 11) is 0. The second kappa shape index (κ2) is 11.0. The summed E-state index contributed by atoms with van der Waals surface area (Å²) in [5.41, 5.74) is 2.61. The van der Waals surface area contributed by atoms with Crippen molar-refractivity contribution in [1.29, 1.82) is 0 Å². The number of carbonyl (C=O) groups excluding carboxylic acids is 3. The van der Waals surface area contributed by atoms with Crippen molar-refractivity contribution in [2.24, 2.45) is 0 Å². The van der Waals surface area contributed by atoms with Gasteiger partial charge in [-0.3, -0.25) is 9.59 Å². The molecular formula is C24H26N4O4. The zero-order valence-electron chi connectivity index (χ0n) is 17.9. The Bertz CT molecular complexity index is 996. The van der Waals surface area contributed by atoms with Crippen LogP contribution in [0.2, 0.25) is 0 Å². The largest absolute Gasteiger partial charge is 0.370 e. The third-order valence-electron chi connectivity index (χ3n) is 4.94. The lowest BCUT2D eigenvalue weighted by atomic mass is 10.1. The summed E-state index contributed by atoms with van der Waals surface area (Å²) in [4.78, 5) is 38.7. The molecule has 1 atom stereocenters. The maximum Gasteiger partial charge on any atom is 0.319 e. The highest BCUT2D eigenvalue weighted by atomic mass is 16.5. The van der Waals surface area contributed by atoms with E-state index in [1.165, 1.54) is 0 Å². The summed E-state index contributed by atoms with van der Waals surface area (Å²) in [5, 5.41) is 8.24. The van der Waals surface area contributed by atoms with Gasteiger partial charge in [-0.2, -0.15) is 0 Å². The number of urea groups is 1. The van der Waals surface area contributed by atoms with Crippen molar-refractivity contribution in [3.05, 3.63) is 54.1 Å². The summed E-state index contributed by atoms with van der Waals surface area (Å²) in [5.74, 6) is 2.10. The Morgan fingerprint density at radius 1 is 1.09 bits per heavy atom. The van der Waals surface area contributed by atoms with Crippen molar-refractivity contribution in [3.8, 4) is 12.3 Å². The highest BCUT2D eigenvalue weighted by Crippen LogP contribution is 2.20. The van der Waals surface area contributed by atoms with Gasteiger partial charge in [0.2, 0.25) is 5.91 Å². The molecule has 8 heteroatoms. The van der Waals surface area contributed by atoms with Crippen molar-refractivity contribution in [2.75, 3.05) is 35.3 Å². The molecule has 0 saturated carbocycles. The van der Waals surface area contributed by atoms with Crippen LogP contribution in [0.15, 0.2) is 48.5 Å². The number of hydrogen-bond donors (Lipinski definition) is 3. The molecule has 0 radical (unpaired) electrons. The first-order chi connectivity index (χ1) is 15.5. The monoisotopic (exact) mass is 434 g/mol. The van der Waals surface area contributed by atoms with Crippen molar-refractivity contribution < 1.29 is 19.1 Å². The molecule has 3 rings (SSSR count). The Labute approximate surface area is 187 Å². The minimum absolute atomic E-state index is 0.0684.